The van der Waals surface area contributed by atoms with Gasteiger partial charge < -0.3 is 9.88 Å². The Kier molecular flexibility index (Phi) is 4.20. The highest BCUT2D eigenvalue weighted by molar-refractivity contribution is 5.14. The average Bonchev–Trinajstić information content (AvgIpc) is 2.96. The second-order valence-electron chi connectivity index (χ2n) is 4.72. The molecule has 0 aliphatic heterocycles. The molecule has 4 nitrogen and oxygen atoms in total. The van der Waals surface area contributed by atoms with E-state index in [1.54, 1.807) is 0 Å². The molecule has 2 aromatic heterocycles. The number of nitrogens with one attached hydrogen (secondary N) is 1. The molecule has 0 spiro atoms. The number of nitrogens with zero attached hydrogens (tertiary/aromatic N) is 3. The van der Waals surface area contributed by atoms with Gasteiger partial charge in [-0.3, -0.25) is 4.68 Å². The van der Waals surface area contributed by atoms with Crippen molar-refractivity contribution in [2.75, 3.05) is 6.54 Å². The largest absolute Gasteiger partial charge is 0.344 e. The first-order valence-electron chi connectivity index (χ1n) is 6.57. The SMILES string of the molecule is CCCNC(C)c1cccn1Cc1ccn(C)n1. The third-order valence-corrected chi connectivity index (χ3v) is 3.11. The molecule has 1 unspecified atom stereocenters. The van der Waals surface area contributed by atoms with Gasteiger partial charge in [-0.15, -0.1) is 0 Å². The van der Waals surface area contributed by atoms with E-state index >= 15 is 0 Å². The number of hydrogen-bond acceptors (Lipinski definition) is 2. The van der Waals surface area contributed by atoms with Gasteiger partial charge in [0.05, 0.1) is 12.2 Å². The minimum absolute atomic E-state index is 0.378. The minimum atomic E-state index is 0.378. The zero-order chi connectivity index (χ0) is 13.0. The van der Waals surface area contributed by atoms with Crippen LogP contribution in [0.4, 0.5) is 0 Å². The molecule has 2 aromatic rings. The standard InChI is InChI=1S/C14H22N4/c1-4-8-15-12(2)14-6-5-9-18(14)11-13-7-10-17(3)16-13/h5-7,9-10,12,15H,4,8,11H2,1-3H3. The maximum Gasteiger partial charge on any atom is 0.0821 e. The Morgan fingerprint density at radius 1 is 1.33 bits per heavy atom. The van der Waals surface area contributed by atoms with Gasteiger partial charge in [0.15, 0.2) is 0 Å². The topological polar surface area (TPSA) is 34.8 Å². The fourth-order valence-corrected chi connectivity index (χ4v) is 2.15. The lowest BCUT2D eigenvalue weighted by Crippen LogP contribution is -2.22. The highest BCUT2D eigenvalue weighted by Gasteiger charge is 2.10. The van der Waals surface area contributed by atoms with Gasteiger partial charge >= 0.3 is 0 Å². The Morgan fingerprint density at radius 3 is 2.83 bits per heavy atom. The normalized spacial score (nSPS) is 12.8. The summed E-state index contributed by atoms with van der Waals surface area (Å²) in [5.41, 5.74) is 2.41. The summed E-state index contributed by atoms with van der Waals surface area (Å²) in [6.07, 6.45) is 5.26. The number of rotatable bonds is 6. The summed E-state index contributed by atoms with van der Waals surface area (Å²) in [5, 5.41) is 7.94. The van der Waals surface area contributed by atoms with Crippen LogP contribution < -0.4 is 5.32 Å². The maximum atomic E-state index is 4.42. The summed E-state index contributed by atoms with van der Waals surface area (Å²) in [5.74, 6) is 0. The van der Waals surface area contributed by atoms with Crippen LogP contribution in [0.25, 0.3) is 0 Å². The van der Waals surface area contributed by atoms with Crippen molar-refractivity contribution in [3.63, 3.8) is 0 Å². The molecule has 0 bridgehead atoms. The highest BCUT2D eigenvalue weighted by Crippen LogP contribution is 2.14. The molecule has 98 valence electrons. The second-order valence-corrected chi connectivity index (χ2v) is 4.72. The van der Waals surface area contributed by atoms with Gasteiger partial charge in [0.2, 0.25) is 0 Å². The summed E-state index contributed by atoms with van der Waals surface area (Å²) in [6.45, 7) is 6.28. The van der Waals surface area contributed by atoms with Crippen LogP contribution in [0.1, 0.15) is 37.7 Å². The van der Waals surface area contributed by atoms with Gasteiger partial charge in [-0.05, 0) is 38.1 Å². The summed E-state index contributed by atoms with van der Waals surface area (Å²) >= 11 is 0. The molecule has 1 atom stereocenters. The molecule has 4 heteroatoms. The molecule has 0 aliphatic carbocycles. The molecule has 0 aliphatic rings. The van der Waals surface area contributed by atoms with Crippen molar-refractivity contribution in [3.05, 3.63) is 42.0 Å². The van der Waals surface area contributed by atoms with Crippen molar-refractivity contribution in [3.8, 4) is 0 Å². The van der Waals surface area contributed by atoms with Crippen LogP contribution in [0.5, 0.6) is 0 Å². The molecular weight excluding hydrogens is 224 g/mol. The van der Waals surface area contributed by atoms with E-state index in [2.05, 4.69) is 53.2 Å². The summed E-state index contributed by atoms with van der Waals surface area (Å²) in [7, 11) is 1.95. The van der Waals surface area contributed by atoms with Gasteiger partial charge in [-0.2, -0.15) is 5.10 Å². The number of aromatic nitrogens is 3. The first-order chi connectivity index (χ1) is 8.70. The Balaban J connectivity index is 2.07. The van der Waals surface area contributed by atoms with Gasteiger partial charge in [0, 0.05) is 31.2 Å². The molecule has 0 saturated heterocycles. The Morgan fingerprint density at radius 2 is 2.17 bits per heavy atom. The lowest BCUT2D eigenvalue weighted by atomic mass is 10.2. The van der Waals surface area contributed by atoms with Crippen molar-refractivity contribution in [1.82, 2.24) is 19.7 Å². The lowest BCUT2D eigenvalue weighted by Gasteiger charge is -2.16. The van der Waals surface area contributed by atoms with E-state index in [9.17, 15) is 0 Å². The molecule has 0 aromatic carbocycles. The molecule has 0 radical (unpaired) electrons. The molecule has 0 saturated carbocycles. The predicted octanol–water partition coefficient (Wildman–Crippen LogP) is 2.33. The quantitative estimate of drug-likeness (QED) is 0.849. The monoisotopic (exact) mass is 246 g/mol. The first-order valence-corrected chi connectivity index (χ1v) is 6.57. The molecular formula is C14H22N4. The van der Waals surface area contributed by atoms with Crippen LogP contribution in [0.15, 0.2) is 30.6 Å². The zero-order valence-electron chi connectivity index (χ0n) is 11.4. The van der Waals surface area contributed by atoms with Crippen LogP contribution in [-0.2, 0) is 13.6 Å². The van der Waals surface area contributed by atoms with Crippen LogP contribution in [0, 0.1) is 0 Å². The van der Waals surface area contributed by atoms with E-state index in [4.69, 9.17) is 0 Å². The van der Waals surface area contributed by atoms with E-state index < -0.39 is 0 Å². The summed E-state index contributed by atoms with van der Waals surface area (Å²) < 4.78 is 4.10. The molecule has 2 rings (SSSR count). The maximum absolute atomic E-state index is 4.42. The molecule has 18 heavy (non-hydrogen) atoms. The van der Waals surface area contributed by atoms with Crippen molar-refractivity contribution in [2.45, 2.75) is 32.9 Å². The van der Waals surface area contributed by atoms with Gasteiger partial charge in [0.25, 0.3) is 0 Å². The predicted molar refractivity (Wildman–Crippen MR) is 73.5 cm³/mol. The second kappa shape index (κ2) is 5.87. The van der Waals surface area contributed by atoms with Gasteiger partial charge in [0.1, 0.15) is 0 Å². The van der Waals surface area contributed by atoms with Crippen LogP contribution >= 0.6 is 0 Å². The lowest BCUT2D eigenvalue weighted by molar-refractivity contribution is 0.532. The van der Waals surface area contributed by atoms with E-state index in [-0.39, 0.29) is 0 Å². The molecule has 0 fully saturated rings. The van der Waals surface area contributed by atoms with Crippen molar-refractivity contribution < 1.29 is 0 Å². The van der Waals surface area contributed by atoms with E-state index in [1.807, 2.05) is 17.9 Å². The average molecular weight is 246 g/mol. The van der Waals surface area contributed by atoms with Crippen LogP contribution in [0.2, 0.25) is 0 Å². The molecule has 1 N–H and O–H groups in total. The first kappa shape index (κ1) is 12.9. The van der Waals surface area contributed by atoms with Gasteiger partial charge in [-0.25, -0.2) is 0 Å². The fourth-order valence-electron chi connectivity index (χ4n) is 2.15. The minimum Gasteiger partial charge on any atom is -0.344 e. The number of aryl methyl sites for hydroxylation is 1. The van der Waals surface area contributed by atoms with E-state index in [0.717, 1.165) is 25.2 Å². The molecule has 2 heterocycles. The van der Waals surface area contributed by atoms with Gasteiger partial charge in [-0.1, -0.05) is 6.92 Å². The summed E-state index contributed by atoms with van der Waals surface area (Å²) in [4.78, 5) is 0. The van der Waals surface area contributed by atoms with Crippen molar-refractivity contribution in [1.29, 1.82) is 0 Å². The highest BCUT2D eigenvalue weighted by atomic mass is 15.3. The molecule has 0 amide bonds. The third-order valence-electron chi connectivity index (χ3n) is 3.11. The Bertz CT molecular complexity index is 483. The number of hydrogen-bond donors (Lipinski definition) is 1. The van der Waals surface area contributed by atoms with Crippen LogP contribution in [-0.4, -0.2) is 20.9 Å². The summed E-state index contributed by atoms with van der Waals surface area (Å²) in [6, 6.07) is 6.72. The van der Waals surface area contributed by atoms with Crippen LogP contribution in [0.3, 0.4) is 0 Å². The van der Waals surface area contributed by atoms with E-state index in [0.29, 0.717) is 6.04 Å². The van der Waals surface area contributed by atoms with E-state index in [1.165, 1.54) is 5.69 Å². The smallest absolute Gasteiger partial charge is 0.0821 e. The Labute approximate surface area is 109 Å². The fraction of sp³-hybridized carbons (Fsp3) is 0.500. The third kappa shape index (κ3) is 3.01. The Hall–Kier alpha value is -1.55. The van der Waals surface area contributed by atoms with Crippen molar-refractivity contribution >= 4 is 0 Å². The van der Waals surface area contributed by atoms with Crippen molar-refractivity contribution in [2.24, 2.45) is 7.05 Å². The zero-order valence-corrected chi connectivity index (χ0v) is 11.4.